The molecule has 0 fully saturated rings. The van der Waals surface area contributed by atoms with Gasteiger partial charge in [0.2, 0.25) is 16.3 Å². The van der Waals surface area contributed by atoms with Gasteiger partial charge in [0.1, 0.15) is 45.5 Å². The fraction of sp³-hybridized carbons (Fsp3) is 0.0707. The number of carbonyl (C=O) groups is 4. The average Bonchev–Trinajstić information content (AvgIpc) is 0.743. The lowest BCUT2D eigenvalue weighted by atomic mass is 9.90. The number of Topliss-reactive ketones (excluding diaryl/α,β-unsaturated/α-hetero) is 1. The summed E-state index contributed by atoms with van der Waals surface area (Å²) in [5, 5.41) is 26.1. The second-order valence-corrected chi connectivity index (χ2v) is 29.3. The zero-order valence-electron chi connectivity index (χ0n) is 69.4. The molecule has 0 saturated heterocycles. The quantitative estimate of drug-likeness (QED) is 0.0172. The van der Waals surface area contributed by atoms with Crippen molar-refractivity contribution in [2.45, 2.75) is 26.6 Å². The van der Waals surface area contributed by atoms with Gasteiger partial charge in [-0.3, -0.25) is 29.1 Å². The summed E-state index contributed by atoms with van der Waals surface area (Å²) in [5.41, 5.74) is 27.3. The number of para-hydroxylation sites is 3. The zero-order valence-corrected chi connectivity index (χ0v) is 71.7. The Kier molecular flexibility index (Phi) is 30.3. The normalized spacial score (nSPS) is 10.4. The number of aromatic hydroxyl groups is 1. The SMILES string of the molecule is COC(=O)c1ccccc1-c1c2cc(Cl)c(=O)cc-2oc2c(CNc3cccc4ccc(C(C)=O)nc34)c(N)ccc12.COC(=O)c1ccccc1-c1c2cc(Cl)c(=O)cc-2oc2c(CNc3cccc4cccnc34)c(N)ccc12.COC(=O)c1ccccc1-c1c2cc(Cl)c(=O)cc-2oc2c(CNc3cccc4cccnc34)c(O)ccc12.O=C=O.O=C=O.O=C=O.O=C=O. The molecule has 3 aliphatic carbocycles. The molecule has 0 saturated carbocycles. The minimum absolute atomic E-state index is 0.00908. The molecular weight excluding hydrogens is 1760 g/mol. The molecule has 0 spiro atoms. The number of carbonyl (C=O) groups excluding carboxylic acids is 12. The third-order valence-corrected chi connectivity index (χ3v) is 21.6. The molecule has 6 aliphatic rings. The van der Waals surface area contributed by atoms with Crippen molar-refractivity contribution in [2.24, 2.45) is 0 Å². The van der Waals surface area contributed by atoms with E-state index in [1.165, 1.54) is 52.5 Å². The number of esters is 3. The van der Waals surface area contributed by atoms with Crippen LogP contribution in [0.3, 0.4) is 0 Å². The van der Waals surface area contributed by atoms with E-state index < -0.39 is 28.8 Å². The van der Waals surface area contributed by atoms with Crippen molar-refractivity contribution in [3.05, 3.63) is 334 Å². The van der Waals surface area contributed by atoms with Gasteiger partial charge in [0.25, 0.3) is 0 Å². The maximum Gasteiger partial charge on any atom is 0.373 e. The van der Waals surface area contributed by atoms with Crippen LogP contribution in [0.15, 0.2) is 277 Å². The number of halogens is 3. The third-order valence-electron chi connectivity index (χ3n) is 20.7. The summed E-state index contributed by atoms with van der Waals surface area (Å²) in [6.45, 7) is 2.23. The summed E-state index contributed by atoms with van der Waals surface area (Å²) in [6.07, 6.45) is 4.47. The van der Waals surface area contributed by atoms with Gasteiger partial charge in [-0.25, -0.2) is 19.4 Å². The number of phenolic OH excluding ortho intramolecular Hbond substituents is 1. The fourth-order valence-electron chi connectivity index (χ4n) is 15.0. The summed E-state index contributed by atoms with van der Waals surface area (Å²) in [6, 6.07) is 69.1. The predicted octanol–water partition coefficient (Wildman–Crippen LogP) is 18.2. The topological polar surface area (TPSA) is 470 Å². The van der Waals surface area contributed by atoms with E-state index in [-0.39, 0.29) is 81.2 Å². The third kappa shape index (κ3) is 20.0. The highest BCUT2D eigenvalue weighted by molar-refractivity contribution is 6.32. The highest BCUT2D eigenvalue weighted by atomic mass is 35.5. The van der Waals surface area contributed by atoms with Crippen molar-refractivity contribution in [3.63, 3.8) is 0 Å². The molecule has 3 aromatic heterocycles. The van der Waals surface area contributed by atoms with Crippen LogP contribution < -0.4 is 43.7 Å². The predicted molar refractivity (Wildman–Crippen MR) is 490 cm³/mol. The molecule has 30 nitrogen and oxygen atoms in total. The molecule has 0 bridgehead atoms. The van der Waals surface area contributed by atoms with E-state index in [0.29, 0.717) is 157 Å². The first-order valence-corrected chi connectivity index (χ1v) is 40.1. The van der Waals surface area contributed by atoms with Crippen molar-refractivity contribution >= 4 is 177 Å². The number of methoxy groups -OCH3 is 3. The van der Waals surface area contributed by atoms with Crippen LogP contribution in [0.4, 0.5) is 28.4 Å². The van der Waals surface area contributed by atoms with Crippen molar-refractivity contribution in [1.29, 1.82) is 0 Å². The number of ketones is 1. The molecule has 0 atom stereocenters. The minimum atomic E-state index is -0.511. The summed E-state index contributed by atoms with van der Waals surface area (Å²) < 4.78 is 34.1. The molecule has 3 aliphatic heterocycles. The lowest BCUT2D eigenvalue weighted by Crippen LogP contribution is -2.08. The molecule has 9 aromatic carbocycles. The van der Waals surface area contributed by atoms with Crippen molar-refractivity contribution in [3.8, 4) is 73.1 Å². The number of nitrogens with one attached hydrogen (secondary N) is 3. The van der Waals surface area contributed by atoms with E-state index in [1.807, 2.05) is 127 Å². The smallest absolute Gasteiger partial charge is 0.373 e. The number of fused-ring (bicyclic) bond motifs is 9. The van der Waals surface area contributed by atoms with Crippen LogP contribution in [0.5, 0.6) is 5.75 Å². The Hall–Kier alpha value is -17.5. The van der Waals surface area contributed by atoms with E-state index in [0.717, 1.165) is 38.6 Å². The first-order chi connectivity index (χ1) is 63.8. The zero-order chi connectivity index (χ0) is 94.6. The summed E-state index contributed by atoms with van der Waals surface area (Å²) in [7, 11) is 3.98. The molecule has 12 aromatic rings. The standard InChI is InChI=1S/C33H24ClN3O5.C31H22ClN3O4.C31H21ClN2O5.4CO2/c1-17(38)26-13-10-18-6-5-9-27(31(18)37-26)36-16-23-25(35)12-11-21-30(19-7-3-4-8-20(19)33(40)41-2)22-14-24(34)28(39)15-29(22)42-32(21)23;1-38-31(37)19-9-3-2-8-18(19)28-20-11-12-24(33)22(30(20)39-27-15-26(36)23(32)14-21(27)28)16-35-25-10-4-6-17-7-5-13-34-29(17)25;1-38-31(37)19-9-3-2-8-18(19)28-20-11-12-25(35)22(30(20)39-27-15-26(36)23(32)14-21(27)28)16-34-24-10-4-6-17-7-5-13-33-29(17)24;4*2-1-3/h3-15,36H,16,35H2,1-2H3;2-15,35H,16,33H2,1H3;2-15,34-35H,16H2,1H3;;;;. The minimum Gasteiger partial charge on any atom is -0.507 e. The molecule has 132 heavy (non-hydrogen) atoms. The largest absolute Gasteiger partial charge is 0.507 e. The van der Waals surface area contributed by atoms with Crippen LogP contribution in [0.1, 0.15) is 65.2 Å². The number of benzene rings is 12. The van der Waals surface area contributed by atoms with Crippen LogP contribution in [-0.2, 0) is 72.2 Å². The average molecular weight is 1830 g/mol. The number of hydrogen-bond acceptors (Lipinski definition) is 30. The number of ether oxygens (including phenoxy) is 3. The van der Waals surface area contributed by atoms with Crippen LogP contribution in [-0.4, -0.2) is 89.7 Å². The Bertz CT molecular complexity index is 7450. The highest BCUT2D eigenvalue weighted by Crippen LogP contribution is 2.49. The number of phenols is 1. The Labute approximate surface area is 759 Å². The van der Waals surface area contributed by atoms with Gasteiger partial charge in [-0.05, 0) is 126 Å². The number of hydrogen-bond donors (Lipinski definition) is 6. The lowest BCUT2D eigenvalue weighted by Gasteiger charge is -2.20. The molecule has 0 radical (unpaired) electrons. The Balaban J connectivity index is 0.000000168. The first-order valence-electron chi connectivity index (χ1n) is 39.0. The Morgan fingerprint density at radius 2 is 0.689 bits per heavy atom. The number of aromatic nitrogens is 3. The number of pyridine rings is 3. The van der Waals surface area contributed by atoms with Crippen LogP contribution >= 0.6 is 34.8 Å². The van der Waals surface area contributed by atoms with Crippen molar-refractivity contribution in [2.75, 3.05) is 48.7 Å². The Morgan fingerprint density at radius 1 is 0.379 bits per heavy atom. The lowest BCUT2D eigenvalue weighted by molar-refractivity contribution is -0.193. The van der Waals surface area contributed by atoms with Crippen LogP contribution in [0.25, 0.3) is 133 Å². The number of nitrogens with two attached hydrogens (primary N) is 2. The van der Waals surface area contributed by atoms with E-state index in [1.54, 1.807) is 97.3 Å². The number of rotatable bonds is 16. The second-order valence-electron chi connectivity index (χ2n) is 28.1. The molecule has 656 valence electrons. The van der Waals surface area contributed by atoms with E-state index >= 15 is 0 Å². The van der Waals surface area contributed by atoms with Gasteiger partial charge >= 0.3 is 42.5 Å². The van der Waals surface area contributed by atoms with E-state index in [9.17, 15) is 38.7 Å². The summed E-state index contributed by atoms with van der Waals surface area (Å²) in [5.74, 6) is -0.747. The molecule has 33 heteroatoms. The van der Waals surface area contributed by atoms with Gasteiger partial charge in [0.05, 0.1) is 92.3 Å². The van der Waals surface area contributed by atoms with Gasteiger partial charge in [-0.15, -0.1) is 0 Å². The maximum atomic E-state index is 12.8. The van der Waals surface area contributed by atoms with Gasteiger partial charge < -0.3 is 60.0 Å². The molecule has 0 unspecified atom stereocenters. The van der Waals surface area contributed by atoms with Gasteiger partial charge in [-0.2, -0.15) is 38.4 Å². The first kappa shape index (κ1) is 93.7. The fourth-order valence-corrected chi connectivity index (χ4v) is 15.4. The highest BCUT2D eigenvalue weighted by Gasteiger charge is 2.30. The number of nitrogens with zero attached hydrogens (tertiary/aromatic N) is 3. The molecule has 6 heterocycles. The van der Waals surface area contributed by atoms with Gasteiger partial charge in [-0.1, -0.05) is 144 Å². The van der Waals surface area contributed by atoms with Crippen molar-refractivity contribution in [1.82, 2.24) is 15.0 Å². The van der Waals surface area contributed by atoms with E-state index in [4.69, 9.17) is 112 Å². The molecule has 8 N–H and O–H groups in total. The number of anilines is 5. The number of nitrogen functional groups attached to an aromatic ring is 2. The van der Waals surface area contributed by atoms with E-state index in [2.05, 4.69) is 30.9 Å². The Morgan fingerprint density at radius 3 is 1.04 bits per heavy atom. The van der Waals surface area contributed by atoms with Crippen molar-refractivity contribution < 1.29 is 90.1 Å². The van der Waals surface area contributed by atoms with Crippen LogP contribution in [0, 0.1) is 0 Å². The van der Waals surface area contributed by atoms with Crippen LogP contribution in [0.2, 0.25) is 15.1 Å². The second kappa shape index (κ2) is 42.7. The molecule has 18 rings (SSSR count). The maximum absolute atomic E-state index is 12.8. The molecule has 0 amide bonds. The van der Waals surface area contributed by atoms with Gasteiger partial charge in [0, 0.05) is 145 Å². The monoisotopic (exact) mass is 1820 g/mol. The summed E-state index contributed by atoms with van der Waals surface area (Å²) >= 11 is 18.8. The summed E-state index contributed by atoms with van der Waals surface area (Å²) in [4.78, 5) is 166. The van der Waals surface area contributed by atoms with Gasteiger partial charge in [0.15, 0.2) is 5.78 Å². The molecular formula is C99H67Cl3N8O22.